The van der Waals surface area contributed by atoms with Gasteiger partial charge in [0.25, 0.3) is 5.91 Å². The first-order chi connectivity index (χ1) is 10.1. The Bertz CT molecular complexity index is 482. The topological polar surface area (TPSA) is 61.8 Å². The van der Waals surface area contributed by atoms with Crippen molar-refractivity contribution < 1.29 is 14.6 Å². The molecule has 2 rings (SSSR count). The molecule has 1 aromatic carbocycles. The number of rotatable bonds is 5. The Balaban J connectivity index is 1.78. The Morgan fingerprint density at radius 1 is 1.43 bits per heavy atom. The van der Waals surface area contributed by atoms with Gasteiger partial charge in [-0.05, 0) is 63.5 Å². The number of carbonyl (C=O) groups excluding carboxylic acids is 1. The SMILES string of the molecule is COc1ccc(C(=O)NCCC2CCN(C)CC2)cc1O. The van der Waals surface area contributed by atoms with E-state index >= 15 is 0 Å². The van der Waals surface area contributed by atoms with Crippen molar-refractivity contribution in [2.45, 2.75) is 19.3 Å². The molecule has 1 saturated heterocycles. The zero-order chi connectivity index (χ0) is 15.2. The number of phenols is 1. The lowest BCUT2D eigenvalue weighted by Gasteiger charge is -2.28. The molecule has 1 aromatic rings. The van der Waals surface area contributed by atoms with Gasteiger partial charge in [-0.15, -0.1) is 0 Å². The highest BCUT2D eigenvalue weighted by molar-refractivity contribution is 5.94. The molecule has 0 aliphatic carbocycles. The van der Waals surface area contributed by atoms with Gasteiger partial charge >= 0.3 is 0 Å². The molecule has 0 atom stereocenters. The summed E-state index contributed by atoms with van der Waals surface area (Å²) in [6.07, 6.45) is 3.42. The van der Waals surface area contributed by atoms with Crippen LogP contribution in [-0.4, -0.2) is 49.7 Å². The lowest BCUT2D eigenvalue weighted by molar-refractivity contribution is 0.0948. The van der Waals surface area contributed by atoms with Crippen molar-refractivity contribution in [2.24, 2.45) is 5.92 Å². The highest BCUT2D eigenvalue weighted by atomic mass is 16.5. The molecule has 0 saturated carbocycles. The van der Waals surface area contributed by atoms with Gasteiger partial charge in [-0.3, -0.25) is 4.79 Å². The van der Waals surface area contributed by atoms with Crippen LogP contribution < -0.4 is 10.1 Å². The maximum atomic E-state index is 12.0. The zero-order valence-electron chi connectivity index (χ0n) is 12.8. The fourth-order valence-electron chi connectivity index (χ4n) is 2.67. The number of benzene rings is 1. The first-order valence-electron chi connectivity index (χ1n) is 7.44. The maximum absolute atomic E-state index is 12.0. The summed E-state index contributed by atoms with van der Waals surface area (Å²) in [5.74, 6) is 0.907. The third kappa shape index (κ3) is 4.36. The predicted octanol–water partition coefficient (Wildman–Crippen LogP) is 1.86. The van der Waals surface area contributed by atoms with Crippen molar-refractivity contribution >= 4 is 5.91 Å². The normalized spacial score (nSPS) is 16.7. The average Bonchev–Trinajstić information content (AvgIpc) is 2.49. The fraction of sp³-hybridized carbons (Fsp3) is 0.562. The fourth-order valence-corrected chi connectivity index (χ4v) is 2.67. The van der Waals surface area contributed by atoms with Gasteiger partial charge in [-0.2, -0.15) is 0 Å². The number of aromatic hydroxyl groups is 1. The molecule has 0 bridgehead atoms. The Morgan fingerprint density at radius 2 is 2.14 bits per heavy atom. The van der Waals surface area contributed by atoms with Crippen LogP contribution in [0.4, 0.5) is 0 Å². The van der Waals surface area contributed by atoms with E-state index in [9.17, 15) is 9.90 Å². The number of nitrogens with zero attached hydrogens (tertiary/aromatic N) is 1. The summed E-state index contributed by atoms with van der Waals surface area (Å²) >= 11 is 0. The van der Waals surface area contributed by atoms with E-state index in [1.807, 2.05) is 0 Å². The smallest absolute Gasteiger partial charge is 0.251 e. The summed E-state index contributed by atoms with van der Waals surface area (Å²) in [5, 5.41) is 12.6. The van der Waals surface area contributed by atoms with Crippen molar-refractivity contribution in [1.82, 2.24) is 10.2 Å². The van der Waals surface area contributed by atoms with Crippen molar-refractivity contribution in [1.29, 1.82) is 0 Å². The molecule has 0 spiro atoms. The van der Waals surface area contributed by atoms with Crippen LogP contribution >= 0.6 is 0 Å². The molecular weight excluding hydrogens is 268 g/mol. The van der Waals surface area contributed by atoms with Gasteiger partial charge in [0.05, 0.1) is 7.11 Å². The maximum Gasteiger partial charge on any atom is 0.251 e. The average molecular weight is 292 g/mol. The van der Waals surface area contributed by atoms with Gasteiger partial charge in [0.15, 0.2) is 11.5 Å². The summed E-state index contributed by atoms with van der Waals surface area (Å²) in [7, 11) is 3.63. The van der Waals surface area contributed by atoms with Crippen molar-refractivity contribution in [3.8, 4) is 11.5 Å². The second-order valence-electron chi connectivity index (χ2n) is 5.68. The number of ether oxygens (including phenoxy) is 1. The summed E-state index contributed by atoms with van der Waals surface area (Å²) in [6, 6.07) is 4.69. The number of likely N-dealkylation sites (tertiary alicyclic amines) is 1. The Labute approximate surface area is 125 Å². The molecule has 0 aromatic heterocycles. The van der Waals surface area contributed by atoms with Crippen LogP contribution in [0.1, 0.15) is 29.6 Å². The summed E-state index contributed by atoms with van der Waals surface area (Å²) < 4.78 is 4.96. The minimum Gasteiger partial charge on any atom is -0.504 e. The van der Waals surface area contributed by atoms with E-state index < -0.39 is 0 Å². The number of amides is 1. The second kappa shape index (κ2) is 7.31. The predicted molar refractivity (Wildman–Crippen MR) is 81.8 cm³/mol. The quantitative estimate of drug-likeness (QED) is 0.869. The minimum atomic E-state index is -0.152. The number of methoxy groups -OCH3 is 1. The number of piperidine rings is 1. The van der Waals surface area contributed by atoms with E-state index in [1.165, 1.54) is 26.0 Å². The van der Waals surface area contributed by atoms with E-state index in [4.69, 9.17) is 4.74 Å². The third-order valence-corrected chi connectivity index (χ3v) is 4.12. The summed E-state index contributed by atoms with van der Waals surface area (Å²) in [5.41, 5.74) is 0.455. The molecule has 1 heterocycles. The van der Waals surface area contributed by atoms with Gasteiger partial charge in [0.2, 0.25) is 0 Å². The van der Waals surface area contributed by atoms with Gasteiger partial charge < -0.3 is 20.1 Å². The third-order valence-electron chi connectivity index (χ3n) is 4.12. The number of nitrogens with one attached hydrogen (secondary N) is 1. The van der Waals surface area contributed by atoms with Crippen LogP contribution in [0.3, 0.4) is 0 Å². The van der Waals surface area contributed by atoms with Crippen LogP contribution in [0, 0.1) is 5.92 Å². The zero-order valence-corrected chi connectivity index (χ0v) is 12.8. The number of phenolic OH excluding ortho intramolecular Hbond substituents is 1. The van der Waals surface area contributed by atoms with Gasteiger partial charge in [0.1, 0.15) is 0 Å². The Morgan fingerprint density at radius 3 is 2.76 bits per heavy atom. The van der Waals surface area contributed by atoms with E-state index in [1.54, 1.807) is 12.1 Å². The number of hydrogen-bond donors (Lipinski definition) is 2. The largest absolute Gasteiger partial charge is 0.504 e. The molecule has 1 fully saturated rings. The van der Waals surface area contributed by atoms with Gasteiger partial charge in [-0.25, -0.2) is 0 Å². The lowest BCUT2D eigenvalue weighted by Crippen LogP contribution is -2.32. The van der Waals surface area contributed by atoms with Crippen LogP contribution in [0.25, 0.3) is 0 Å². The molecule has 116 valence electrons. The first kappa shape index (κ1) is 15.6. The van der Waals surface area contributed by atoms with Gasteiger partial charge in [0, 0.05) is 12.1 Å². The molecule has 0 unspecified atom stereocenters. The molecule has 21 heavy (non-hydrogen) atoms. The lowest BCUT2D eigenvalue weighted by atomic mass is 9.94. The number of hydrogen-bond acceptors (Lipinski definition) is 4. The van der Waals surface area contributed by atoms with Crippen LogP contribution in [0.5, 0.6) is 11.5 Å². The molecule has 1 aliphatic rings. The highest BCUT2D eigenvalue weighted by Crippen LogP contribution is 2.26. The van der Waals surface area contributed by atoms with Crippen molar-refractivity contribution in [2.75, 3.05) is 33.8 Å². The summed E-state index contributed by atoms with van der Waals surface area (Å²) in [4.78, 5) is 14.4. The first-order valence-corrected chi connectivity index (χ1v) is 7.44. The van der Waals surface area contributed by atoms with Crippen LogP contribution in [-0.2, 0) is 0 Å². The van der Waals surface area contributed by atoms with E-state index in [2.05, 4.69) is 17.3 Å². The van der Waals surface area contributed by atoms with Crippen molar-refractivity contribution in [3.05, 3.63) is 23.8 Å². The summed E-state index contributed by atoms with van der Waals surface area (Å²) in [6.45, 7) is 2.97. The molecular formula is C16H24N2O3. The number of carbonyl (C=O) groups is 1. The molecule has 5 heteroatoms. The molecule has 1 aliphatic heterocycles. The van der Waals surface area contributed by atoms with Crippen LogP contribution in [0.15, 0.2) is 18.2 Å². The van der Waals surface area contributed by atoms with E-state index in [0.717, 1.165) is 19.5 Å². The van der Waals surface area contributed by atoms with E-state index in [0.29, 0.717) is 23.8 Å². The second-order valence-corrected chi connectivity index (χ2v) is 5.68. The highest BCUT2D eigenvalue weighted by Gasteiger charge is 2.16. The van der Waals surface area contributed by atoms with Crippen molar-refractivity contribution in [3.63, 3.8) is 0 Å². The monoisotopic (exact) mass is 292 g/mol. The van der Waals surface area contributed by atoms with E-state index in [-0.39, 0.29) is 11.7 Å². The molecule has 0 radical (unpaired) electrons. The molecule has 5 nitrogen and oxygen atoms in total. The Kier molecular flexibility index (Phi) is 5.44. The van der Waals surface area contributed by atoms with Gasteiger partial charge in [-0.1, -0.05) is 0 Å². The standard InChI is InChI=1S/C16H24N2O3/c1-18-9-6-12(7-10-18)5-8-17-16(20)13-3-4-15(21-2)14(19)11-13/h3-4,11-12,19H,5-10H2,1-2H3,(H,17,20). The Hall–Kier alpha value is -1.75. The minimum absolute atomic E-state index is 0.0135. The molecule has 2 N–H and O–H groups in total. The van der Waals surface area contributed by atoms with Crippen LogP contribution in [0.2, 0.25) is 0 Å². The molecule has 1 amide bonds.